The average molecular weight is 187 g/mol. The normalized spacial score (nSPS) is 9.69. The zero-order valence-electron chi connectivity index (χ0n) is 8.26. The highest BCUT2D eigenvalue weighted by atomic mass is 16.7. The number of hydrogen-bond acceptors (Lipinski definition) is 4. The first-order valence-electron chi connectivity index (χ1n) is 4.35. The Kier molecular flexibility index (Phi) is 7.24. The number of hydroxylamine groups is 1. The molecule has 0 saturated heterocycles. The van der Waals surface area contributed by atoms with E-state index in [1.165, 1.54) is 0 Å². The predicted molar refractivity (Wildman–Crippen MR) is 49.8 cm³/mol. The highest BCUT2D eigenvalue weighted by Crippen LogP contribution is 1.89. The molecule has 0 radical (unpaired) electrons. The van der Waals surface area contributed by atoms with Gasteiger partial charge in [0.1, 0.15) is 6.73 Å². The van der Waals surface area contributed by atoms with Crippen molar-refractivity contribution in [2.24, 2.45) is 0 Å². The quantitative estimate of drug-likeness (QED) is 0.283. The Morgan fingerprint density at radius 2 is 2.23 bits per heavy atom. The summed E-state index contributed by atoms with van der Waals surface area (Å²) in [5.41, 5.74) is 2.75. The molecule has 0 atom stereocenters. The molecule has 0 aliphatic rings. The Labute approximate surface area is 78.9 Å². The van der Waals surface area contributed by atoms with Crippen LogP contribution in [-0.4, -0.2) is 19.3 Å². The summed E-state index contributed by atoms with van der Waals surface area (Å²) in [7, 11) is 0. The van der Waals surface area contributed by atoms with Crippen molar-refractivity contribution in [2.45, 2.75) is 26.7 Å². The lowest BCUT2D eigenvalue weighted by atomic mass is 10.4. The lowest BCUT2D eigenvalue weighted by molar-refractivity contribution is -0.150. The third-order valence-corrected chi connectivity index (χ3v) is 1.32. The van der Waals surface area contributed by atoms with Crippen LogP contribution >= 0.6 is 0 Å². The van der Waals surface area contributed by atoms with Crippen molar-refractivity contribution in [2.75, 3.05) is 13.3 Å². The molecule has 0 aliphatic carbocycles. The third-order valence-electron chi connectivity index (χ3n) is 1.32. The summed E-state index contributed by atoms with van der Waals surface area (Å²) >= 11 is 0. The highest BCUT2D eigenvalue weighted by molar-refractivity contribution is 5.86. The van der Waals surface area contributed by atoms with Crippen LogP contribution in [0.15, 0.2) is 12.2 Å². The number of rotatable bonds is 7. The van der Waals surface area contributed by atoms with Crippen LogP contribution in [-0.2, 0) is 14.4 Å². The van der Waals surface area contributed by atoms with E-state index in [2.05, 4.69) is 23.8 Å². The summed E-state index contributed by atoms with van der Waals surface area (Å²) in [5, 5.41) is 0. The second-order valence-electron chi connectivity index (χ2n) is 2.72. The zero-order chi connectivity index (χ0) is 10.1. The largest absolute Gasteiger partial charge is 0.365 e. The van der Waals surface area contributed by atoms with Crippen molar-refractivity contribution in [3.63, 3.8) is 0 Å². The average Bonchev–Trinajstić information content (AvgIpc) is 2.10. The molecule has 0 heterocycles. The molecule has 0 spiro atoms. The Morgan fingerprint density at radius 1 is 1.54 bits per heavy atom. The van der Waals surface area contributed by atoms with Crippen LogP contribution in [0.1, 0.15) is 26.7 Å². The lowest BCUT2D eigenvalue weighted by Gasteiger charge is -2.05. The van der Waals surface area contributed by atoms with Crippen molar-refractivity contribution in [1.82, 2.24) is 5.48 Å². The van der Waals surface area contributed by atoms with Gasteiger partial charge in [0.05, 0.1) is 0 Å². The van der Waals surface area contributed by atoms with E-state index in [-0.39, 0.29) is 6.73 Å². The molecule has 0 amide bonds. The van der Waals surface area contributed by atoms with Crippen molar-refractivity contribution in [1.29, 1.82) is 0 Å². The van der Waals surface area contributed by atoms with Gasteiger partial charge in [0.25, 0.3) is 0 Å². The van der Waals surface area contributed by atoms with Gasteiger partial charge in [-0.1, -0.05) is 19.9 Å². The Bertz CT molecular complexity index is 168. The molecule has 0 bridgehead atoms. The van der Waals surface area contributed by atoms with Gasteiger partial charge in [-0.15, -0.1) is 5.48 Å². The molecule has 4 nitrogen and oxygen atoms in total. The minimum absolute atomic E-state index is 0.221. The number of hydrogen-bond donors (Lipinski definition) is 1. The predicted octanol–water partition coefficient (Wildman–Crippen LogP) is 1.38. The summed E-state index contributed by atoms with van der Waals surface area (Å²) in [6, 6.07) is 0. The van der Waals surface area contributed by atoms with E-state index >= 15 is 0 Å². The van der Waals surface area contributed by atoms with Gasteiger partial charge in [-0.3, -0.25) is 0 Å². The monoisotopic (exact) mass is 187 g/mol. The number of carbonyl (C=O) groups is 1. The fourth-order valence-electron chi connectivity index (χ4n) is 0.542. The van der Waals surface area contributed by atoms with Gasteiger partial charge < -0.3 is 9.57 Å². The molecule has 0 fully saturated rings. The molecule has 0 aromatic heterocycles. The Balaban J connectivity index is 3.16. The van der Waals surface area contributed by atoms with E-state index in [0.29, 0.717) is 12.2 Å². The first-order chi connectivity index (χ1) is 6.18. The molecule has 0 aliphatic heterocycles. The van der Waals surface area contributed by atoms with Crippen LogP contribution in [0.3, 0.4) is 0 Å². The van der Waals surface area contributed by atoms with Gasteiger partial charge >= 0.3 is 5.97 Å². The number of ether oxygens (including phenoxy) is 1. The maximum atomic E-state index is 10.8. The van der Waals surface area contributed by atoms with Crippen LogP contribution in [0.5, 0.6) is 0 Å². The Hall–Kier alpha value is -0.870. The molecule has 76 valence electrons. The van der Waals surface area contributed by atoms with Gasteiger partial charge in [0.2, 0.25) is 0 Å². The van der Waals surface area contributed by atoms with E-state index in [0.717, 1.165) is 12.8 Å². The molecule has 0 saturated carbocycles. The summed E-state index contributed by atoms with van der Waals surface area (Å²) in [5.74, 6) is -0.459. The molecule has 4 heteroatoms. The molecule has 0 rings (SSSR count). The van der Waals surface area contributed by atoms with Crippen molar-refractivity contribution in [3.05, 3.63) is 12.2 Å². The second-order valence-corrected chi connectivity index (χ2v) is 2.72. The van der Waals surface area contributed by atoms with Gasteiger partial charge in [-0.25, -0.2) is 4.79 Å². The standard InChI is InChI=1S/C9H17NO3/c1-4-5-6-12-7-10-13-9(11)8(2)3/h10H,2,4-7H2,1,3H3. The van der Waals surface area contributed by atoms with Crippen LogP contribution in [0.4, 0.5) is 0 Å². The van der Waals surface area contributed by atoms with Gasteiger partial charge in [-0.05, 0) is 13.3 Å². The SMILES string of the molecule is C=C(C)C(=O)ONCOCCCC. The number of carbonyl (C=O) groups excluding carboxylic acids is 1. The second kappa shape index (κ2) is 7.76. The van der Waals surface area contributed by atoms with E-state index in [4.69, 9.17) is 4.74 Å². The Morgan fingerprint density at radius 3 is 2.77 bits per heavy atom. The van der Waals surface area contributed by atoms with Gasteiger partial charge in [0, 0.05) is 12.2 Å². The lowest BCUT2D eigenvalue weighted by Crippen LogP contribution is -2.23. The first kappa shape index (κ1) is 12.1. The minimum Gasteiger partial charge on any atom is -0.365 e. The molecular formula is C9H17NO3. The highest BCUT2D eigenvalue weighted by Gasteiger charge is 2.01. The third kappa shape index (κ3) is 7.49. The van der Waals surface area contributed by atoms with E-state index in [1.54, 1.807) is 6.92 Å². The molecule has 0 unspecified atom stereocenters. The van der Waals surface area contributed by atoms with E-state index in [9.17, 15) is 4.79 Å². The molecule has 1 N–H and O–H groups in total. The van der Waals surface area contributed by atoms with Crippen LogP contribution in [0, 0.1) is 0 Å². The fourth-order valence-corrected chi connectivity index (χ4v) is 0.542. The maximum absolute atomic E-state index is 10.8. The van der Waals surface area contributed by atoms with Crippen molar-refractivity contribution < 1.29 is 14.4 Å². The number of nitrogens with one attached hydrogen (secondary N) is 1. The van der Waals surface area contributed by atoms with E-state index < -0.39 is 5.97 Å². The molecule has 0 aromatic rings. The smallest absolute Gasteiger partial charge is 0.351 e. The summed E-state index contributed by atoms with van der Waals surface area (Å²) in [6.45, 7) is 7.99. The summed E-state index contributed by atoms with van der Waals surface area (Å²) in [4.78, 5) is 15.4. The summed E-state index contributed by atoms with van der Waals surface area (Å²) < 4.78 is 5.09. The van der Waals surface area contributed by atoms with Crippen LogP contribution in [0.25, 0.3) is 0 Å². The number of unbranched alkanes of at least 4 members (excludes halogenated alkanes) is 1. The molecule has 0 aromatic carbocycles. The zero-order valence-corrected chi connectivity index (χ0v) is 8.26. The topological polar surface area (TPSA) is 47.6 Å². The first-order valence-corrected chi connectivity index (χ1v) is 4.35. The maximum Gasteiger partial charge on any atom is 0.351 e. The van der Waals surface area contributed by atoms with Crippen molar-refractivity contribution in [3.8, 4) is 0 Å². The van der Waals surface area contributed by atoms with Gasteiger partial charge in [0.15, 0.2) is 0 Å². The summed E-state index contributed by atoms with van der Waals surface area (Å²) in [6.07, 6.45) is 2.10. The minimum atomic E-state index is -0.459. The fraction of sp³-hybridized carbons (Fsp3) is 0.667. The van der Waals surface area contributed by atoms with Gasteiger partial charge in [-0.2, -0.15) is 0 Å². The van der Waals surface area contributed by atoms with Crippen LogP contribution < -0.4 is 5.48 Å². The molecular weight excluding hydrogens is 170 g/mol. The van der Waals surface area contributed by atoms with E-state index in [1.807, 2.05) is 0 Å². The molecule has 13 heavy (non-hydrogen) atoms. The van der Waals surface area contributed by atoms with Crippen LogP contribution in [0.2, 0.25) is 0 Å². The van der Waals surface area contributed by atoms with Crippen molar-refractivity contribution >= 4 is 5.97 Å².